The number of carbonyl (C=O) groups is 1. The Labute approximate surface area is 121 Å². The van der Waals surface area contributed by atoms with Crippen LogP contribution >= 0.6 is 0 Å². The van der Waals surface area contributed by atoms with Crippen LogP contribution < -0.4 is 0 Å². The van der Waals surface area contributed by atoms with Crippen molar-refractivity contribution < 1.29 is 27.8 Å². The third-order valence-corrected chi connectivity index (χ3v) is 5.44. The molecule has 0 spiro atoms. The minimum Gasteiger partial charge on any atom is -0.478 e. The van der Waals surface area contributed by atoms with Gasteiger partial charge in [0.15, 0.2) is 0 Å². The van der Waals surface area contributed by atoms with Crippen LogP contribution in [0.2, 0.25) is 0 Å². The molecule has 1 heterocycles. The van der Waals surface area contributed by atoms with E-state index in [4.69, 9.17) is 10.2 Å². The second kappa shape index (κ2) is 6.08. The lowest BCUT2D eigenvalue weighted by molar-refractivity contribution is 0.0692. The van der Waals surface area contributed by atoms with Crippen LogP contribution in [0.3, 0.4) is 0 Å². The molecule has 1 aliphatic rings. The fourth-order valence-corrected chi connectivity index (χ4v) is 4.17. The van der Waals surface area contributed by atoms with Crippen molar-refractivity contribution in [3.8, 4) is 0 Å². The summed E-state index contributed by atoms with van der Waals surface area (Å²) in [6.07, 6.45) is 1.28. The molecule has 8 heteroatoms. The van der Waals surface area contributed by atoms with Gasteiger partial charge in [0.25, 0.3) is 0 Å². The first kappa shape index (κ1) is 15.9. The number of piperidine rings is 1. The molecule has 1 saturated heterocycles. The van der Waals surface area contributed by atoms with Crippen LogP contribution in [0.4, 0.5) is 4.39 Å². The molecule has 1 atom stereocenters. The Balaban J connectivity index is 2.44. The van der Waals surface area contributed by atoms with Gasteiger partial charge in [0, 0.05) is 19.7 Å². The standard InChI is InChI=1S/C13H16FNO5S/c14-10-3-4-11(13(17)18)12(6-10)21(19,20)15-5-1-2-9(7-15)8-16/h3-4,6,9,16H,1-2,5,7-8H2,(H,17,18). The maximum absolute atomic E-state index is 13.3. The molecule has 1 aromatic carbocycles. The summed E-state index contributed by atoms with van der Waals surface area (Å²) < 4.78 is 39.5. The van der Waals surface area contributed by atoms with Crippen molar-refractivity contribution in [2.24, 2.45) is 5.92 Å². The van der Waals surface area contributed by atoms with Crippen molar-refractivity contribution >= 4 is 16.0 Å². The van der Waals surface area contributed by atoms with Crippen LogP contribution in [0.25, 0.3) is 0 Å². The van der Waals surface area contributed by atoms with Gasteiger partial charge in [-0.15, -0.1) is 0 Å². The maximum atomic E-state index is 13.3. The highest BCUT2D eigenvalue weighted by Gasteiger charge is 2.33. The largest absolute Gasteiger partial charge is 0.478 e. The van der Waals surface area contributed by atoms with Crippen molar-refractivity contribution in [2.75, 3.05) is 19.7 Å². The van der Waals surface area contributed by atoms with Gasteiger partial charge in [-0.25, -0.2) is 17.6 Å². The van der Waals surface area contributed by atoms with Crippen molar-refractivity contribution in [3.05, 3.63) is 29.6 Å². The highest BCUT2D eigenvalue weighted by molar-refractivity contribution is 7.89. The highest BCUT2D eigenvalue weighted by atomic mass is 32.2. The van der Waals surface area contributed by atoms with Gasteiger partial charge in [-0.05, 0) is 37.0 Å². The number of aromatic carboxylic acids is 1. The molecule has 1 aromatic rings. The number of rotatable bonds is 4. The molecular weight excluding hydrogens is 301 g/mol. The van der Waals surface area contributed by atoms with Gasteiger partial charge in [0.05, 0.1) is 10.5 Å². The Bertz CT molecular complexity index is 646. The summed E-state index contributed by atoms with van der Waals surface area (Å²) in [7, 11) is -4.10. The third kappa shape index (κ3) is 3.22. The number of hydrogen-bond donors (Lipinski definition) is 2. The zero-order valence-corrected chi connectivity index (χ0v) is 12.0. The summed E-state index contributed by atoms with van der Waals surface area (Å²) in [5, 5.41) is 18.2. The van der Waals surface area contributed by atoms with Crippen LogP contribution in [0.1, 0.15) is 23.2 Å². The molecule has 0 saturated carbocycles. The van der Waals surface area contributed by atoms with Crippen LogP contribution in [0.5, 0.6) is 0 Å². The average molecular weight is 317 g/mol. The first-order valence-corrected chi connectivity index (χ1v) is 7.94. The molecule has 2 rings (SSSR count). The fourth-order valence-electron chi connectivity index (χ4n) is 2.42. The van der Waals surface area contributed by atoms with E-state index >= 15 is 0 Å². The summed E-state index contributed by atoms with van der Waals surface area (Å²) in [6, 6.07) is 2.58. The summed E-state index contributed by atoms with van der Waals surface area (Å²) in [5.74, 6) is -2.42. The van der Waals surface area contributed by atoms with E-state index in [-0.39, 0.29) is 25.6 Å². The number of carboxylic acid groups (broad SMARTS) is 1. The van der Waals surface area contributed by atoms with Gasteiger partial charge in [-0.3, -0.25) is 0 Å². The number of carboxylic acids is 1. The molecule has 0 amide bonds. The molecule has 0 radical (unpaired) electrons. The SMILES string of the molecule is O=C(O)c1ccc(F)cc1S(=O)(=O)N1CCCC(CO)C1. The number of sulfonamides is 1. The van der Waals surface area contributed by atoms with Crippen molar-refractivity contribution in [1.29, 1.82) is 0 Å². The summed E-state index contributed by atoms with van der Waals surface area (Å²) in [4.78, 5) is 10.6. The topological polar surface area (TPSA) is 94.9 Å². The summed E-state index contributed by atoms with van der Waals surface area (Å²) in [5.41, 5.74) is -0.456. The highest BCUT2D eigenvalue weighted by Crippen LogP contribution is 2.26. The molecule has 21 heavy (non-hydrogen) atoms. The Morgan fingerprint density at radius 2 is 2.14 bits per heavy atom. The average Bonchev–Trinajstić information content (AvgIpc) is 2.46. The molecular formula is C13H16FNO5S. The number of aliphatic hydroxyl groups excluding tert-OH is 1. The van der Waals surface area contributed by atoms with Crippen LogP contribution in [-0.2, 0) is 10.0 Å². The van der Waals surface area contributed by atoms with E-state index in [0.717, 1.165) is 22.5 Å². The normalized spacial score (nSPS) is 20.4. The lowest BCUT2D eigenvalue weighted by Gasteiger charge is -2.31. The van der Waals surface area contributed by atoms with Crippen LogP contribution in [-0.4, -0.2) is 48.6 Å². The molecule has 0 bridgehead atoms. The molecule has 0 aliphatic carbocycles. The minimum absolute atomic E-state index is 0.106. The Hall–Kier alpha value is -1.51. The number of halogens is 1. The maximum Gasteiger partial charge on any atom is 0.337 e. The van der Waals surface area contributed by atoms with Gasteiger partial charge in [-0.1, -0.05) is 0 Å². The molecule has 6 nitrogen and oxygen atoms in total. The van der Waals surface area contributed by atoms with E-state index in [1.807, 2.05) is 0 Å². The molecule has 0 aromatic heterocycles. The van der Waals surface area contributed by atoms with Gasteiger partial charge in [0.2, 0.25) is 10.0 Å². The Morgan fingerprint density at radius 1 is 1.43 bits per heavy atom. The second-order valence-electron chi connectivity index (χ2n) is 5.00. The predicted octanol–water partition coefficient (Wildman–Crippen LogP) is 0.917. The number of hydrogen-bond acceptors (Lipinski definition) is 4. The van der Waals surface area contributed by atoms with Gasteiger partial charge in [-0.2, -0.15) is 4.31 Å². The van der Waals surface area contributed by atoms with Crippen LogP contribution in [0, 0.1) is 11.7 Å². The zero-order chi connectivity index (χ0) is 15.6. The van der Waals surface area contributed by atoms with E-state index in [1.165, 1.54) is 0 Å². The number of benzene rings is 1. The van der Waals surface area contributed by atoms with E-state index in [1.54, 1.807) is 0 Å². The van der Waals surface area contributed by atoms with Crippen LogP contribution in [0.15, 0.2) is 23.1 Å². The Morgan fingerprint density at radius 3 is 2.76 bits per heavy atom. The molecule has 1 unspecified atom stereocenters. The fraction of sp³-hybridized carbons (Fsp3) is 0.462. The Kier molecular flexibility index (Phi) is 4.60. The lowest BCUT2D eigenvalue weighted by atomic mass is 10.0. The first-order chi connectivity index (χ1) is 9.86. The number of nitrogens with zero attached hydrogens (tertiary/aromatic N) is 1. The van der Waals surface area contributed by atoms with Crippen molar-refractivity contribution in [3.63, 3.8) is 0 Å². The summed E-state index contributed by atoms with van der Waals surface area (Å²) >= 11 is 0. The summed E-state index contributed by atoms with van der Waals surface area (Å²) in [6.45, 7) is 0.198. The minimum atomic E-state index is -4.10. The predicted molar refractivity (Wildman–Crippen MR) is 71.9 cm³/mol. The molecule has 1 aliphatic heterocycles. The molecule has 2 N–H and O–H groups in total. The smallest absolute Gasteiger partial charge is 0.337 e. The van der Waals surface area contributed by atoms with Gasteiger partial charge >= 0.3 is 5.97 Å². The van der Waals surface area contributed by atoms with Gasteiger partial charge < -0.3 is 10.2 Å². The first-order valence-electron chi connectivity index (χ1n) is 6.50. The second-order valence-corrected chi connectivity index (χ2v) is 6.91. The lowest BCUT2D eigenvalue weighted by Crippen LogP contribution is -2.41. The van der Waals surface area contributed by atoms with E-state index in [9.17, 15) is 17.6 Å². The van der Waals surface area contributed by atoms with Gasteiger partial charge in [0.1, 0.15) is 5.82 Å². The molecule has 1 fully saturated rings. The van der Waals surface area contributed by atoms with E-state index < -0.39 is 32.3 Å². The van der Waals surface area contributed by atoms with Crippen molar-refractivity contribution in [2.45, 2.75) is 17.7 Å². The van der Waals surface area contributed by atoms with E-state index in [0.29, 0.717) is 12.8 Å². The van der Waals surface area contributed by atoms with Crippen molar-refractivity contribution in [1.82, 2.24) is 4.31 Å². The molecule has 116 valence electrons. The third-order valence-electron chi connectivity index (χ3n) is 3.53. The quantitative estimate of drug-likeness (QED) is 0.861. The number of aliphatic hydroxyl groups is 1. The van der Waals surface area contributed by atoms with E-state index in [2.05, 4.69) is 0 Å². The monoisotopic (exact) mass is 317 g/mol. The zero-order valence-electron chi connectivity index (χ0n) is 11.2.